The van der Waals surface area contributed by atoms with Crippen LogP contribution in [0.25, 0.3) is 11.3 Å². The molecule has 0 radical (unpaired) electrons. The summed E-state index contributed by atoms with van der Waals surface area (Å²) < 4.78 is 2.00. The van der Waals surface area contributed by atoms with Crippen LogP contribution in [0.4, 0.5) is 5.69 Å². The Morgan fingerprint density at radius 1 is 1.15 bits per heavy atom. The molecular formula is C21H20N4OS. The number of benzene rings is 2. The van der Waals surface area contributed by atoms with Crippen LogP contribution < -0.4 is 4.90 Å². The molecule has 0 saturated heterocycles. The van der Waals surface area contributed by atoms with Gasteiger partial charge in [0.15, 0.2) is 5.16 Å². The molecule has 1 heterocycles. The average Bonchev–Trinajstić information content (AvgIpc) is 3.08. The number of imidazole rings is 1. The van der Waals surface area contributed by atoms with Gasteiger partial charge in [-0.25, -0.2) is 4.98 Å². The van der Waals surface area contributed by atoms with Crippen molar-refractivity contribution in [3.8, 4) is 17.3 Å². The summed E-state index contributed by atoms with van der Waals surface area (Å²) in [4.78, 5) is 18.9. The Morgan fingerprint density at radius 3 is 2.48 bits per heavy atom. The Labute approximate surface area is 163 Å². The zero-order valence-corrected chi connectivity index (χ0v) is 15.9. The maximum atomic E-state index is 12.8. The standard InChI is InChI=1S/C21H20N4OS/c1-24-19(17-9-4-2-5-10-17)15-23-21(24)27-16-20(26)25(14-8-13-22)18-11-6-3-7-12-18/h2-7,9-12,15H,8,14,16H2,1H3. The van der Waals surface area contributed by atoms with Gasteiger partial charge in [0.25, 0.3) is 0 Å². The van der Waals surface area contributed by atoms with E-state index in [1.54, 1.807) is 4.90 Å². The van der Waals surface area contributed by atoms with Crippen LogP contribution in [-0.4, -0.2) is 27.8 Å². The fourth-order valence-electron chi connectivity index (χ4n) is 2.78. The van der Waals surface area contributed by atoms with Crippen LogP contribution in [0.3, 0.4) is 0 Å². The summed E-state index contributed by atoms with van der Waals surface area (Å²) in [5.41, 5.74) is 2.91. The highest BCUT2D eigenvalue weighted by atomic mass is 32.2. The van der Waals surface area contributed by atoms with E-state index < -0.39 is 0 Å². The number of carbonyl (C=O) groups is 1. The molecule has 0 N–H and O–H groups in total. The monoisotopic (exact) mass is 376 g/mol. The van der Waals surface area contributed by atoms with Crippen LogP contribution >= 0.6 is 11.8 Å². The molecule has 0 aliphatic rings. The summed E-state index contributed by atoms with van der Waals surface area (Å²) in [7, 11) is 1.95. The molecule has 6 heteroatoms. The lowest BCUT2D eigenvalue weighted by Gasteiger charge is -2.21. The van der Waals surface area contributed by atoms with Crippen molar-refractivity contribution in [1.82, 2.24) is 9.55 Å². The topological polar surface area (TPSA) is 61.9 Å². The third-order valence-corrected chi connectivity index (χ3v) is 5.18. The fraction of sp³-hybridized carbons (Fsp3) is 0.190. The molecule has 0 bridgehead atoms. The fourth-order valence-corrected chi connectivity index (χ4v) is 3.60. The van der Waals surface area contributed by atoms with Gasteiger partial charge in [-0.2, -0.15) is 5.26 Å². The van der Waals surface area contributed by atoms with E-state index in [2.05, 4.69) is 11.1 Å². The Kier molecular flexibility index (Phi) is 6.29. The van der Waals surface area contributed by atoms with Gasteiger partial charge in [0.1, 0.15) is 0 Å². The van der Waals surface area contributed by atoms with E-state index >= 15 is 0 Å². The Hall–Kier alpha value is -3.04. The van der Waals surface area contributed by atoms with Gasteiger partial charge in [0, 0.05) is 19.3 Å². The van der Waals surface area contributed by atoms with Crippen molar-refractivity contribution in [3.63, 3.8) is 0 Å². The predicted octanol–water partition coefficient (Wildman–Crippen LogP) is 4.13. The van der Waals surface area contributed by atoms with E-state index in [9.17, 15) is 4.79 Å². The molecule has 0 spiro atoms. The SMILES string of the molecule is Cn1c(-c2ccccc2)cnc1SCC(=O)N(CCC#N)c1ccccc1. The molecule has 1 aromatic heterocycles. The molecule has 0 unspecified atom stereocenters. The third-order valence-electron chi connectivity index (χ3n) is 4.16. The van der Waals surface area contributed by atoms with Crippen molar-refractivity contribution in [2.45, 2.75) is 11.6 Å². The minimum absolute atomic E-state index is 0.0364. The molecule has 27 heavy (non-hydrogen) atoms. The Bertz CT molecular complexity index is 932. The third kappa shape index (κ3) is 4.57. The van der Waals surface area contributed by atoms with Gasteiger partial charge in [-0.05, 0) is 17.7 Å². The predicted molar refractivity (Wildman–Crippen MR) is 108 cm³/mol. The van der Waals surface area contributed by atoms with Gasteiger partial charge in [0.2, 0.25) is 5.91 Å². The lowest BCUT2D eigenvalue weighted by atomic mass is 10.2. The minimum atomic E-state index is -0.0364. The van der Waals surface area contributed by atoms with E-state index in [1.807, 2.05) is 78.5 Å². The molecule has 136 valence electrons. The second kappa shape index (κ2) is 9.06. The van der Waals surface area contributed by atoms with Crippen LogP contribution in [0.1, 0.15) is 6.42 Å². The molecule has 3 rings (SSSR count). The number of hydrogen-bond donors (Lipinski definition) is 0. The van der Waals surface area contributed by atoms with Crippen LogP contribution in [-0.2, 0) is 11.8 Å². The summed E-state index contributed by atoms with van der Waals surface area (Å²) in [5.74, 6) is 0.227. The second-order valence-electron chi connectivity index (χ2n) is 5.93. The van der Waals surface area contributed by atoms with Crippen LogP contribution in [0.15, 0.2) is 72.0 Å². The number of anilines is 1. The molecular weight excluding hydrogens is 356 g/mol. The van der Waals surface area contributed by atoms with Crippen LogP contribution in [0, 0.1) is 11.3 Å². The highest BCUT2D eigenvalue weighted by Gasteiger charge is 2.17. The first-order chi connectivity index (χ1) is 13.2. The van der Waals surface area contributed by atoms with E-state index in [1.165, 1.54) is 11.8 Å². The van der Waals surface area contributed by atoms with Crippen molar-refractivity contribution < 1.29 is 4.79 Å². The molecule has 0 aliphatic heterocycles. The van der Waals surface area contributed by atoms with Gasteiger partial charge >= 0.3 is 0 Å². The number of amides is 1. The molecule has 0 atom stereocenters. The number of carbonyl (C=O) groups excluding carboxylic acids is 1. The van der Waals surface area contributed by atoms with Crippen molar-refractivity contribution in [1.29, 1.82) is 5.26 Å². The number of nitrogens with zero attached hydrogens (tertiary/aromatic N) is 4. The van der Waals surface area contributed by atoms with Gasteiger partial charge < -0.3 is 9.47 Å². The first-order valence-corrected chi connectivity index (χ1v) is 9.61. The van der Waals surface area contributed by atoms with E-state index in [4.69, 9.17) is 5.26 Å². The van der Waals surface area contributed by atoms with Gasteiger partial charge in [-0.15, -0.1) is 0 Å². The number of para-hydroxylation sites is 1. The van der Waals surface area contributed by atoms with E-state index in [0.29, 0.717) is 13.0 Å². The van der Waals surface area contributed by atoms with Crippen molar-refractivity contribution in [2.24, 2.45) is 7.05 Å². The summed E-state index contributed by atoms with van der Waals surface area (Å²) in [6.07, 6.45) is 2.12. The van der Waals surface area contributed by atoms with Crippen molar-refractivity contribution in [3.05, 3.63) is 66.9 Å². The average molecular weight is 376 g/mol. The lowest BCUT2D eigenvalue weighted by Crippen LogP contribution is -2.33. The molecule has 2 aromatic carbocycles. The van der Waals surface area contributed by atoms with Crippen LogP contribution in [0.2, 0.25) is 0 Å². The molecule has 0 aliphatic carbocycles. The first kappa shape index (κ1) is 18.7. The van der Waals surface area contributed by atoms with E-state index in [-0.39, 0.29) is 11.7 Å². The van der Waals surface area contributed by atoms with Gasteiger partial charge in [-0.3, -0.25) is 4.79 Å². The maximum absolute atomic E-state index is 12.8. The number of aromatic nitrogens is 2. The quantitative estimate of drug-likeness (QED) is 0.582. The normalized spacial score (nSPS) is 10.4. The smallest absolute Gasteiger partial charge is 0.237 e. The first-order valence-electron chi connectivity index (χ1n) is 8.63. The summed E-state index contributed by atoms with van der Waals surface area (Å²) in [6.45, 7) is 0.385. The molecule has 3 aromatic rings. The summed E-state index contributed by atoms with van der Waals surface area (Å²) >= 11 is 1.40. The largest absolute Gasteiger partial charge is 0.322 e. The van der Waals surface area contributed by atoms with Gasteiger partial charge in [0.05, 0.1) is 30.1 Å². The summed E-state index contributed by atoms with van der Waals surface area (Å²) in [5, 5.41) is 9.68. The summed E-state index contributed by atoms with van der Waals surface area (Å²) in [6, 6.07) is 21.6. The zero-order chi connectivity index (χ0) is 19.1. The van der Waals surface area contributed by atoms with Gasteiger partial charge in [-0.1, -0.05) is 60.3 Å². The van der Waals surface area contributed by atoms with Crippen LogP contribution in [0.5, 0.6) is 0 Å². The number of thioether (sulfide) groups is 1. The highest BCUT2D eigenvalue weighted by molar-refractivity contribution is 7.99. The zero-order valence-electron chi connectivity index (χ0n) is 15.1. The molecule has 1 amide bonds. The number of rotatable bonds is 7. The lowest BCUT2D eigenvalue weighted by molar-refractivity contribution is -0.116. The Balaban J connectivity index is 1.71. The second-order valence-corrected chi connectivity index (χ2v) is 6.87. The van der Waals surface area contributed by atoms with Crippen molar-refractivity contribution >= 4 is 23.4 Å². The van der Waals surface area contributed by atoms with E-state index in [0.717, 1.165) is 22.1 Å². The number of nitriles is 1. The highest BCUT2D eigenvalue weighted by Crippen LogP contribution is 2.25. The Morgan fingerprint density at radius 2 is 1.81 bits per heavy atom. The maximum Gasteiger partial charge on any atom is 0.237 e. The molecule has 0 fully saturated rings. The molecule has 5 nitrogen and oxygen atoms in total. The van der Waals surface area contributed by atoms with Crippen molar-refractivity contribution in [2.75, 3.05) is 17.2 Å². The number of hydrogen-bond acceptors (Lipinski definition) is 4. The molecule has 0 saturated carbocycles. The minimum Gasteiger partial charge on any atom is -0.322 e.